The first-order valence-corrected chi connectivity index (χ1v) is 8.67. The molecule has 6 heteroatoms. The molecule has 24 heavy (non-hydrogen) atoms. The Kier molecular flexibility index (Phi) is 4.49. The molecule has 5 nitrogen and oxygen atoms in total. The van der Waals surface area contributed by atoms with E-state index in [1.54, 1.807) is 29.4 Å². The maximum atomic E-state index is 12.6. The Morgan fingerprint density at radius 3 is 2.58 bits per heavy atom. The quantitative estimate of drug-likeness (QED) is 0.526. The highest BCUT2D eigenvalue weighted by Crippen LogP contribution is 2.42. The molecule has 1 saturated heterocycles. The normalized spacial score (nSPS) is 19.9. The van der Waals surface area contributed by atoms with Crippen molar-refractivity contribution in [2.45, 2.75) is 26.3 Å². The lowest BCUT2D eigenvalue weighted by atomic mass is 9.99. The lowest BCUT2D eigenvalue weighted by Crippen LogP contribution is -2.30. The maximum Gasteiger partial charge on any atom is 0.295 e. The number of carbonyl (C=O) groups excluding carboxylic acids is 2. The molecule has 0 aliphatic carbocycles. The Labute approximate surface area is 144 Å². The maximum absolute atomic E-state index is 12.6. The Balaban J connectivity index is 2.20. The SMILES string of the molecule is CCCN1C(=O)C(=O)/C(=C(\O)c2ccncc2)C1c1sccc1C. The summed E-state index contributed by atoms with van der Waals surface area (Å²) in [5.74, 6) is -1.33. The second-order valence-electron chi connectivity index (χ2n) is 5.70. The third kappa shape index (κ3) is 2.63. The molecule has 1 unspecified atom stereocenters. The van der Waals surface area contributed by atoms with Gasteiger partial charge in [-0.3, -0.25) is 14.6 Å². The van der Waals surface area contributed by atoms with Crippen molar-refractivity contribution in [3.8, 4) is 0 Å². The van der Waals surface area contributed by atoms with Crippen LogP contribution in [0.2, 0.25) is 0 Å². The Hall–Kier alpha value is -2.47. The highest BCUT2D eigenvalue weighted by molar-refractivity contribution is 7.10. The van der Waals surface area contributed by atoms with Crippen molar-refractivity contribution in [2.75, 3.05) is 6.54 Å². The van der Waals surface area contributed by atoms with Gasteiger partial charge in [-0.1, -0.05) is 6.92 Å². The molecule has 1 N–H and O–H groups in total. The van der Waals surface area contributed by atoms with Crippen molar-refractivity contribution in [3.05, 3.63) is 57.6 Å². The summed E-state index contributed by atoms with van der Waals surface area (Å²) in [5, 5.41) is 12.6. The number of nitrogens with zero attached hydrogens (tertiary/aromatic N) is 2. The van der Waals surface area contributed by atoms with E-state index in [-0.39, 0.29) is 11.3 Å². The second-order valence-corrected chi connectivity index (χ2v) is 6.64. The number of aryl methyl sites for hydroxylation is 1. The molecule has 1 aliphatic heterocycles. The summed E-state index contributed by atoms with van der Waals surface area (Å²) >= 11 is 1.49. The summed E-state index contributed by atoms with van der Waals surface area (Å²) < 4.78 is 0. The largest absolute Gasteiger partial charge is 0.507 e. The van der Waals surface area contributed by atoms with Gasteiger partial charge in [0.1, 0.15) is 5.76 Å². The predicted molar refractivity (Wildman–Crippen MR) is 92.6 cm³/mol. The summed E-state index contributed by atoms with van der Waals surface area (Å²) in [6.07, 6.45) is 3.83. The molecule has 1 atom stereocenters. The molecular formula is C18H18N2O3S. The van der Waals surface area contributed by atoms with E-state index >= 15 is 0 Å². The van der Waals surface area contributed by atoms with E-state index in [0.29, 0.717) is 12.1 Å². The number of aliphatic hydroxyl groups excluding tert-OH is 1. The molecule has 0 spiro atoms. The van der Waals surface area contributed by atoms with E-state index in [1.165, 1.54) is 11.3 Å². The molecule has 1 aliphatic rings. The molecular weight excluding hydrogens is 324 g/mol. The van der Waals surface area contributed by atoms with E-state index in [2.05, 4.69) is 4.98 Å². The molecule has 3 rings (SSSR count). The standard InChI is InChI=1S/C18H18N2O3S/c1-3-9-20-14(17-11(2)6-10-24-17)13(16(22)18(20)23)15(21)12-4-7-19-8-5-12/h4-8,10,14,21H,3,9H2,1-2H3/b15-13-. The predicted octanol–water partition coefficient (Wildman–Crippen LogP) is 3.28. The fourth-order valence-electron chi connectivity index (χ4n) is 2.95. The molecule has 2 aromatic rings. The number of amides is 1. The van der Waals surface area contributed by atoms with Gasteiger partial charge in [-0.15, -0.1) is 11.3 Å². The van der Waals surface area contributed by atoms with Crippen LogP contribution in [0.25, 0.3) is 5.76 Å². The third-order valence-corrected chi connectivity index (χ3v) is 5.18. The van der Waals surface area contributed by atoms with Crippen molar-refractivity contribution < 1.29 is 14.7 Å². The van der Waals surface area contributed by atoms with Crippen LogP contribution in [-0.2, 0) is 9.59 Å². The van der Waals surface area contributed by atoms with Crippen LogP contribution in [0.15, 0.2) is 41.5 Å². The number of pyridine rings is 1. The highest BCUT2D eigenvalue weighted by atomic mass is 32.1. The number of Topliss-reactive ketones (excluding diaryl/α,β-unsaturated/α-hetero) is 1. The zero-order valence-electron chi connectivity index (χ0n) is 13.5. The Bertz CT molecular complexity index is 811. The van der Waals surface area contributed by atoms with Crippen LogP contribution < -0.4 is 0 Å². The molecule has 0 aromatic carbocycles. The lowest BCUT2D eigenvalue weighted by Gasteiger charge is -2.24. The summed E-state index contributed by atoms with van der Waals surface area (Å²) in [6, 6.07) is 4.68. The molecule has 1 amide bonds. The number of aliphatic hydroxyl groups is 1. The number of hydrogen-bond donors (Lipinski definition) is 1. The lowest BCUT2D eigenvalue weighted by molar-refractivity contribution is -0.139. The summed E-state index contributed by atoms with van der Waals surface area (Å²) in [7, 11) is 0. The smallest absolute Gasteiger partial charge is 0.295 e. The first-order chi connectivity index (χ1) is 11.6. The van der Waals surface area contributed by atoms with Crippen LogP contribution in [0.4, 0.5) is 0 Å². The van der Waals surface area contributed by atoms with Crippen LogP contribution in [0.5, 0.6) is 0 Å². The van der Waals surface area contributed by atoms with Crippen LogP contribution in [-0.4, -0.2) is 33.2 Å². The average Bonchev–Trinajstić information content (AvgIpc) is 3.11. The zero-order valence-corrected chi connectivity index (χ0v) is 14.3. The first kappa shape index (κ1) is 16.4. The number of thiophene rings is 1. The topological polar surface area (TPSA) is 70.5 Å². The fourth-order valence-corrected chi connectivity index (χ4v) is 4.00. The molecule has 3 heterocycles. The van der Waals surface area contributed by atoms with E-state index < -0.39 is 17.7 Å². The van der Waals surface area contributed by atoms with E-state index in [0.717, 1.165) is 16.9 Å². The molecule has 0 radical (unpaired) electrons. The third-order valence-electron chi connectivity index (χ3n) is 4.11. The minimum absolute atomic E-state index is 0.146. The average molecular weight is 342 g/mol. The van der Waals surface area contributed by atoms with Gasteiger partial charge in [0.05, 0.1) is 11.6 Å². The van der Waals surface area contributed by atoms with Crippen molar-refractivity contribution in [2.24, 2.45) is 0 Å². The van der Waals surface area contributed by atoms with Crippen LogP contribution in [0, 0.1) is 6.92 Å². The van der Waals surface area contributed by atoms with Gasteiger partial charge < -0.3 is 10.0 Å². The Morgan fingerprint density at radius 1 is 1.29 bits per heavy atom. The highest BCUT2D eigenvalue weighted by Gasteiger charge is 2.46. The zero-order chi connectivity index (χ0) is 17.3. The first-order valence-electron chi connectivity index (χ1n) is 7.79. The van der Waals surface area contributed by atoms with Crippen molar-refractivity contribution in [3.63, 3.8) is 0 Å². The van der Waals surface area contributed by atoms with Gasteiger partial charge in [-0.2, -0.15) is 0 Å². The minimum atomic E-state index is -0.629. The van der Waals surface area contributed by atoms with E-state index in [9.17, 15) is 14.7 Å². The summed E-state index contributed by atoms with van der Waals surface area (Å²) in [6.45, 7) is 4.38. The van der Waals surface area contributed by atoms with Gasteiger partial charge in [0, 0.05) is 29.4 Å². The van der Waals surface area contributed by atoms with Gasteiger partial charge in [0.2, 0.25) is 0 Å². The number of likely N-dealkylation sites (tertiary alicyclic amines) is 1. The van der Waals surface area contributed by atoms with E-state index in [1.807, 2.05) is 25.3 Å². The number of aromatic nitrogens is 1. The van der Waals surface area contributed by atoms with Crippen molar-refractivity contribution >= 4 is 28.8 Å². The monoisotopic (exact) mass is 342 g/mol. The van der Waals surface area contributed by atoms with Crippen molar-refractivity contribution in [1.82, 2.24) is 9.88 Å². The van der Waals surface area contributed by atoms with Gasteiger partial charge in [-0.05, 0) is 42.5 Å². The van der Waals surface area contributed by atoms with Gasteiger partial charge >= 0.3 is 0 Å². The van der Waals surface area contributed by atoms with Crippen LogP contribution in [0.3, 0.4) is 0 Å². The van der Waals surface area contributed by atoms with Crippen molar-refractivity contribution in [1.29, 1.82) is 0 Å². The minimum Gasteiger partial charge on any atom is -0.507 e. The molecule has 124 valence electrons. The number of hydrogen-bond acceptors (Lipinski definition) is 5. The Morgan fingerprint density at radius 2 is 2.00 bits per heavy atom. The fraction of sp³-hybridized carbons (Fsp3) is 0.278. The molecule has 0 bridgehead atoms. The second kappa shape index (κ2) is 6.57. The summed E-state index contributed by atoms with van der Waals surface area (Å²) in [4.78, 5) is 31.5. The van der Waals surface area contributed by atoms with Crippen LogP contribution >= 0.6 is 11.3 Å². The molecule has 2 aromatic heterocycles. The number of rotatable bonds is 4. The van der Waals surface area contributed by atoms with Gasteiger partial charge in [0.15, 0.2) is 0 Å². The van der Waals surface area contributed by atoms with Gasteiger partial charge in [0.25, 0.3) is 11.7 Å². The van der Waals surface area contributed by atoms with Crippen LogP contribution in [0.1, 0.15) is 35.4 Å². The van der Waals surface area contributed by atoms with Gasteiger partial charge in [-0.25, -0.2) is 0 Å². The molecule has 0 saturated carbocycles. The number of carbonyl (C=O) groups is 2. The molecule has 1 fully saturated rings. The number of ketones is 1. The summed E-state index contributed by atoms with van der Waals surface area (Å²) in [5.41, 5.74) is 1.65. The van der Waals surface area contributed by atoms with E-state index in [4.69, 9.17) is 0 Å².